The van der Waals surface area contributed by atoms with E-state index in [4.69, 9.17) is 22.1 Å². The summed E-state index contributed by atoms with van der Waals surface area (Å²) in [6, 6.07) is 13.3. The number of methoxy groups -OCH3 is 1. The predicted octanol–water partition coefficient (Wildman–Crippen LogP) is 2.23. The summed E-state index contributed by atoms with van der Waals surface area (Å²) in [5.74, 6) is 0.318. The Hall–Kier alpha value is -1.60. The van der Waals surface area contributed by atoms with Crippen molar-refractivity contribution in [3.05, 3.63) is 59.1 Å². The summed E-state index contributed by atoms with van der Waals surface area (Å²) in [4.78, 5) is 0.184. The van der Waals surface area contributed by atoms with Gasteiger partial charge in [0.1, 0.15) is 5.75 Å². The molecule has 2 aromatic rings. The summed E-state index contributed by atoms with van der Waals surface area (Å²) >= 11 is 5.85. The van der Waals surface area contributed by atoms with Crippen LogP contribution in [0.2, 0.25) is 5.02 Å². The van der Waals surface area contributed by atoms with Crippen LogP contribution in [0.4, 0.5) is 0 Å². The maximum absolute atomic E-state index is 13.1. The minimum atomic E-state index is -3.66. The SMILES string of the molecule is COc1ccc([C@H]2[C@@H](S(=O)(=O)c3ccc(Cl)cc3)[C@@]2(CN)CO)cc1. The number of aliphatic hydroxyl groups is 1. The molecule has 3 N–H and O–H groups in total. The number of benzene rings is 2. The van der Waals surface area contributed by atoms with Gasteiger partial charge in [-0.1, -0.05) is 23.7 Å². The molecular formula is C18H20ClNO4S. The molecule has 0 bridgehead atoms. The molecule has 0 saturated heterocycles. The van der Waals surface area contributed by atoms with Crippen molar-refractivity contribution in [1.82, 2.24) is 0 Å². The third-order valence-corrected chi connectivity index (χ3v) is 7.60. The zero-order chi connectivity index (χ0) is 18.2. The van der Waals surface area contributed by atoms with Crippen molar-refractivity contribution in [3.8, 4) is 5.75 Å². The molecule has 0 heterocycles. The first-order valence-corrected chi connectivity index (χ1v) is 9.77. The Morgan fingerprint density at radius 1 is 1.16 bits per heavy atom. The number of rotatable bonds is 6. The van der Waals surface area contributed by atoms with Gasteiger partial charge in [-0.3, -0.25) is 0 Å². The molecule has 1 aliphatic carbocycles. The largest absolute Gasteiger partial charge is 0.497 e. The quantitative estimate of drug-likeness (QED) is 0.800. The third-order valence-electron chi connectivity index (χ3n) is 5.01. The Labute approximate surface area is 152 Å². The minimum Gasteiger partial charge on any atom is -0.497 e. The highest BCUT2D eigenvalue weighted by atomic mass is 35.5. The van der Waals surface area contributed by atoms with Crippen molar-refractivity contribution in [2.45, 2.75) is 16.1 Å². The summed E-state index contributed by atoms with van der Waals surface area (Å²) in [7, 11) is -2.09. The van der Waals surface area contributed by atoms with Gasteiger partial charge in [-0.05, 0) is 42.0 Å². The smallest absolute Gasteiger partial charge is 0.182 e. The van der Waals surface area contributed by atoms with Crippen LogP contribution in [0.3, 0.4) is 0 Å². The lowest BCUT2D eigenvalue weighted by atomic mass is 10.00. The normalized spacial score (nSPS) is 25.6. The highest BCUT2D eigenvalue weighted by Crippen LogP contribution is 2.63. The van der Waals surface area contributed by atoms with E-state index in [2.05, 4.69) is 0 Å². The van der Waals surface area contributed by atoms with E-state index in [-0.39, 0.29) is 24.0 Å². The number of ether oxygens (including phenoxy) is 1. The predicted molar refractivity (Wildman–Crippen MR) is 96.7 cm³/mol. The monoisotopic (exact) mass is 381 g/mol. The van der Waals surface area contributed by atoms with E-state index in [1.165, 1.54) is 12.1 Å². The molecule has 0 aromatic heterocycles. The lowest BCUT2D eigenvalue weighted by Gasteiger charge is -2.12. The molecule has 1 aliphatic rings. The molecule has 0 unspecified atom stereocenters. The first-order valence-electron chi connectivity index (χ1n) is 7.85. The van der Waals surface area contributed by atoms with Crippen LogP contribution < -0.4 is 10.5 Å². The van der Waals surface area contributed by atoms with Gasteiger partial charge >= 0.3 is 0 Å². The van der Waals surface area contributed by atoms with E-state index < -0.39 is 20.5 Å². The Balaban J connectivity index is 2.02. The van der Waals surface area contributed by atoms with Crippen LogP contribution in [0.25, 0.3) is 0 Å². The number of sulfone groups is 1. The molecule has 1 fully saturated rings. The van der Waals surface area contributed by atoms with Gasteiger partial charge in [0, 0.05) is 22.9 Å². The average Bonchev–Trinajstić information content (AvgIpc) is 3.33. The van der Waals surface area contributed by atoms with Crippen molar-refractivity contribution in [2.24, 2.45) is 11.1 Å². The number of aliphatic hydroxyl groups excluding tert-OH is 1. The fraction of sp³-hybridized carbons (Fsp3) is 0.333. The van der Waals surface area contributed by atoms with Crippen LogP contribution in [0, 0.1) is 5.41 Å². The molecule has 134 valence electrons. The van der Waals surface area contributed by atoms with Crippen LogP contribution in [-0.4, -0.2) is 39.0 Å². The van der Waals surface area contributed by atoms with Gasteiger partial charge in [0.25, 0.3) is 0 Å². The van der Waals surface area contributed by atoms with E-state index >= 15 is 0 Å². The number of hydrogen-bond donors (Lipinski definition) is 2. The highest BCUT2D eigenvalue weighted by molar-refractivity contribution is 7.92. The van der Waals surface area contributed by atoms with Crippen molar-refractivity contribution < 1.29 is 18.3 Å². The number of halogens is 1. The standard InChI is InChI=1S/C18H20ClNO4S/c1-24-14-6-2-12(3-7-14)16-17(18(16,10-20)11-21)25(22,23)15-8-4-13(19)5-9-15/h2-9,16-17,21H,10-11,20H2,1H3/t16-,17+,18-/m0/s1. The molecule has 0 amide bonds. The molecule has 7 heteroatoms. The first-order chi connectivity index (χ1) is 11.9. The fourth-order valence-electron chi connectivity index (χ4n) is 3.53. The third kappa shape index (κ3) is 2.93. The maximum Gasteiger partial charge on any atom is 0.182 e. The van der Waals surface area contributed by atoms with Gasteiger partial charge in [0.2, 0.25) is 0 Å². The van der Waals surface area contributed by atoms with E-state index in [1.807, 2.05) is 12.1 Å². The molecule has 2 aromatic carbocycles. The second-order valence-electron chi connectivity index (χ2n) is 6.27. The van der Waals surface area contributed by atoms with Gasteiger partial charge in [-0.15, -0.1) is 0 Å². The second-order valence-corrected chi connectivity index (χ2v) is 8.77. The van der Waals surface area contributed by atoms with Gasteiger partial charge < -0.3 is 15.6 Å². The van der Waals surface area contributed by atoms with E-state index in [1.54, 1.807) is 31.4 Å². The minimum absolute atomic E-state index is 0.0810. The molecule has 1 saturated carbocycles. The van der Waals surface area contributed by atoms with Crippen molar-refractivity contribution in [3.63, 3.8) is 0 Å². The molecule has 5 nitrogen and oxygen atoms in total. The van der Waals surface area contributed by atoms with Crippen LogP contribution in [0.1, 0.15) is 11.5 Å². The molecule has 0 aliphatic heterocycles. The summed E-state index contributed by atoms with van der Waals surface area (Å²) in [6.07, 6.45) is 0. The first kappa shape index (κ1) is 18.2. The summed E-state index contributed by atoms with van der Waals surface area (Å²) in [5.41, 5.74) is 5.82. The molecular weight excluding hydrogens is 362 g/mol. The van der Waals surface area contributed by atoms with E-state index in [9.17, 15) is 13.5 Å². The second kappa shape index (κ2) is 6.61. The molecule has 3 rings (SSSR count). The lowest BCUT2D eigenvalue weighted by molar-refractivity contribution is 0.212. The zero-order valence-electron chi connectivity index (χ0n) is 13.7. The topological polar surface area (TPSA) is 89.6 Å². The number of hydrogen-bond acceptors (Lipinski definition) is 5. The summed E-state index contributed by atoms with van der Waals surface area (Å²) < 4.78 is 31.4. The Morgan fingerprint density at radius 3 is 2.24 bits per heavy atom. The van der Waals surface area contributed by atoms with E-state index in [0.717, 1.165) is 5.56 Å². The average molecular weight is 382 g/mol. The van der Waals surface area contributed by atoms with Gasteiger partial charge in [-0.2, -0.15) is 0 Å². The van der Waals surface area contributed by atoms with Gasteiger partial charge in [-0.25, -0.2) is 8.42 Å². The summed E-state index contributed by atoms with van der Waals surface area (Å²) in [6.45, 7) is -0.213. The molecule has 25 heavy (non-hydrogen) atoms. The van der Waals surface area contributed by atoms with Gasteiger partial charge in [0.15, 0.2) is 9.84 Å². The fourth-order valence-corrected chi connectivity index (χ4v) is 6.10. The van der Waals surface area contributed by atoms with Crippen molar-refractivity contribution in [2.75, 3.05) is 20.3 Å². The van der Waals surface area contributed by atoms with Gasteiger partial charge in [0.05, 0.1) is 23.9 Å². The van der Waals surface area contributed by atoms with Crippen LogP contribution in [0.15, 0.2) is 53.4 Å². The maximum atomic E-state index is 13.1. The van der Waals surface area contributed by atoms with Crippen LogP contribution >= 0.6 is 11.6 Å². The molecule has 0 spiro atoms. The van der Waals surface area contributed by atoms with Crippen molar-refractivity contribution in [1.29, 1.82) is 0 Å². The van der Waals surface area contributed by atoms with Crippen LogP contribution in [-0.2, 0) is 9.84 Å². The Morgan fingerprint density at radius 2 is 1.76 bits per heavy atom. The Kier molecular flexibility index (Phi) is 4.81. The number of nitrogens with two attached hydrogens (primary N) is 1. The molecule has 3 atom stereocenters. The van der Waals surface area contributed by atoms with E-state index in [0.29, 0.717) is 10.8 Å². The van der Waals surface area contributed by atoms with Crippen LogP contribution in [0.5, 0.6) is 5.75 Å². The highest BCUT2D eigenvalue weighted by Gasteiger charge is 2.70. The Bertz CT molecular complexity index is 846. The van der Waals surface area contributed by atoms with Crippen molar-refractivity contribution >= 4 is 21.4 Å². The summed E-state index contributed by atoms with van der Waals surface area (Å²) in [5, 5.41) is 9.62. The molecule has 0 radical (unpaired) electrons. The lowest BCUT2D eigenvalue weighted by Crippen LogP contribution is -2.27. The zero-order valence-corrected chi connectivity index (χ0v) is 15.3.